The molecule has 1 radical (unpaired) electrons. The Bertz CT molecular complexity index is 1120. The lowest BCUT2D eigenvalue weighted by molar-refractivity contribution is -0.137. The number of amides is 1. The second-order valence-electron chi connectivity index (χ2n) is 8.04. The lowest BCUT2D eigenvalue weighted by atomic mass is 10.1. The van der Waals surface area contributed by atoms with Crippen LogP contribution in [0.15, 0.2) is 36.4 Å². The van der Waals surface area contributed by atoms with E-state index in [-0.39, 0.29) is 22.9 Å². The molecule has 0 aliphatic carbocycles. The van der Waals surface area contributed by atoms with Crippen molar-refractivity contribution < 1.29 is 18.0 Å². The van der Waals surface area contributed by atoms with Crippen LogP contribution in [-0.2, 0) is 23.8 Å². The van der Waals surface area contributed by atoms with Crippen LogP contribution in [-0.4, -0.2) is 33.4 Å². The van der Waals surface area contributed by atoms with Gasteiger partial charge in [0, 0.05) is 31.6 Å². The molecule has 0 atom stereocenters. The van der Waals surface area contributed by atoms with Crippen molar-refractivity contribution in [1.82, 2.24) is 14.5 Å². The van der Waals surface area contributed by atoms with Crippen LogP contribution in [0.2, 0.25) is 5.02 Å². The van der Waals surface area contributed by atoms with Crippen LogP contribution in [0.25, 0.3) is 16.7 Å². The predicted molar refractivity (Wildman–Crippen MR) is 119 cm³/mol. The second kappa shape index (κ2) is 9.14. The van der Waals surface area contributed by atoms with Crippen LogP contribution in [0.3, 0.4) is 0 Å². The van der Waals surface area contributed by atoms with E-state index in [2.05, 4.69) is 11.9 Å². The Hall–Kier alpha value is -2.54. The zero-order valence-corrected chi connectivity index (χ0v) is 18.3. The molecule has 1 aliphatic rings. The highest BCUT2D eigenvalue weighted by molar-refractivity contribution is 6.32. The Morgan fingerprint density at radius 1 is 1.09 bits per heavy atom. The van der Waals surface area contributed by atoms with Gasteiger partial charge in [0.15, 0.2) is 0 Å². The molecular formula is C24H24ClF3N3O. The molecule has 1 fully saturated rings. The maximum absolute atomic E-state index is 13.4. The van der Waals surface area contributed by atoms with Gasteiger partial charge in [-0.3, -0.25) is 9.36 Å². The third kappa shape index (κ3) is 4.63. The summed E-state index contributed by atoms with van der Waals surface area (Å²) in [5.74, 6) is 0.577. The van der Waals surface area contributed by atoms with Gasteiger partial charge >= 0.3 is 6.18 Å². The summed E-state index contributed by atoms with van der Waals surface area (Å²) in [7, 11) is 0. The molecule has 2 heterocycles. The summed E-state index contributed by atoms with van der Waals surface area (Å²) in [5, 5.41) is -0.378. The third-order valence-corrected chi connectivity index (χ3v) is 6.19. The van der Waals surface area contributed by atoms with Gasteiger partial charge in [-0.25, -0.2) is 4.98 Å². The fourth-order valence-electron chi connectivity index (χ4n) is 4.15. The van der Waals surface area contributed by atoms with Crippen LogP contribution in [0, 0.1) is 6.92 Å². The van der Waals surface area contributed by atoms with Gasteiger partial charge in [0.1, 0.15) is 5.82 Å². The Balaban J connectivity index is 1.74. The highest BCUT2D eigenvalue weighted by Gasteiger charge is 2.34. The molecule has 0 spiro atoms. The number of carbonyl (C=O) groups excluding carboxylic acids is 1. The van der Waals surface area contributed by atoms with E-state index in [0.717, 1.165) is 49.7 Å². The molecule has 0 N–H and O–H groups in total. The van der Waals surface area contributed by atoms with Crippen LogP contribution < -0.4 is 0 Å². The summed E-state index contributed by atoms with van der Waals surface area (Å²) in [6.45, 7) is 5.38. The van der Waals surface area contributed by atoms with E-state index in [4.69, 9.17) is 11.6 Å². The first-order valence-electron chi connectivity index (χ1n) is 10.7. The van der Waals surface area contributed by atoms with Crippen molar-refractivity contribution in [2.24, 2.45) is 0 Å². The number of rotatable bonds is 5. The summed E-state index contributed by atoms with van der Waals surface area (Å²) in [6.07, 6.45) is -0.243. The molecular weight excluding hydrogens is 439 g/mol. The highest BCUT2D eigenvalue weighted by Crippen LogP contribution is 2.38. The summed E-state index contributed by atoms with van der Waals surface area (Å²) >= 11 is 6.00. The molecule has 1 amide bonds. The van der Waals surface area contributed by atoms with E-state index in [0.29, 0.717) is 24.2 Å². The first-order valence-corrected chi connectivity index (χ1v) is 11.1. The molecule has 0 saturated carbocycles. The van der Waals surface area contributed by atoms with E-state index in [9.17, 15) is 18.0 Å². The van der Waals surface area contributed by atoms with Crippen molar-refractivity contribution >= 4 is 28.5 Å². The molecule has 3 aromatic rings. The maximum Gasteiger partial charge on any atom is 0.417 e. The Morgan fingerprint density at radius 3 is 2.41 bits per heavy atom. The molecule has 32 heavy (non-hydrogen) atoms. The minimum Gasteiger partial charge on any atom is -0.343 e. The van der Waals surface area contributed by atoms with Crippen LogP contribution in [0.1, 0.15) is 42.6 Å². The molecule has 4 nitrogen and oxygen atoms in total. The molecule has 169 valence electrons. The normalized spacial score (nSPS) is 14.8. The summed E-state index contributed by atoms with van der Waals surface area (Å²) < 4.78 is 41.9. The highest BCUT2D eigenvalue weighted by atomic mass is 35.5. The fourth-order valence-corrected chi connectivity index (χ4v) is 4.42. The largest absolute Gasteiger partial charge is 0.417 e. The van der Waals surface area contributed by atoms with Crippen molar-refractivity contribution in [2.75, 3.05) is 13.1 Å². The van der Waals surface area contributed by atoms with E-state index in [1.807, 2.05) is 29.2 Å². The molecule has 2 aromatic carbocycles. The smallest absolute Gasteiger partial charge is 0.343 e. The van der Waals surface area contributed by atoms with Crippen LogP contribution in [0.4, 0.5) is 13.2 Å². The molecule has 1 aromatic heterocycles. The van der Waals surface area contributed by atoms with Gasteiger partial charge in [-0.15, -0.1) is 0 Å². The number of nitrogens with zero attached hydrogens (tertiary/aromatic N) is 3. The number of aromatic nitrogens is 2. The molecule has 4 rings (SSSR count). The van der Waals surface area contributed by atoms with Crippen LogP contribution in [0.5, 0.6) is 0 Å². The number of piperidine rings is 1. The van der Waals surface area contributed by atoms with Crippen molar-refractivity contribution in [3.8, 4) is 5.69 Å². The van der Waals surface area contributed by atoms with Crippen molar-refractivity contribution in [2.45, 2.75) is 44.7 Å². The van der Waals surface area contributed by atoms with Gasteiger partial charge in [0.05, 0.1) is 21.6 Å². The monoisotopic (exact) mass is 462 g/mol. The lowest BCUT2D eigenvalue weighted by Crippen LogP contribution is -2.35. The summed E-state index contributed by atoms with van der Waals surface area (Å²) in [6, 6.07) is 9.88. The topological polar surface area (TPSA) is 38.1 Å². The van der Waals surface area contributed by atoms with E-state index in [1.165, 1.54) is 6.07 Å². The molecule has 1 aliphatic heterocycles. The van der Waals surface area contributed by atoms with Gasteiger partial charge in [-0.2, -0.15) is 13.2 Å². The SMILES string of the molecule is [CH2]Cc1ccc(-n2c(CCC(=O)N3CCCCC3)nc3cc(C(F)(F)F)c(Cl)cc32)cc1. The quantitative estimate of drug-likeness (QED) is 0.465. The molecule has 0 unspecified atom stereocenters. The fraction of sp³-hybridized carbons (Fsp3) is 0.375. The van der Waals surface area contributed by atoms with Gasteiger partial charge in [0.2, 0.25) is 5.91 Å². The molecule has 1 saturated heterocycles. The first-order chi connectivity index (χ1) is 15.3. The second-order valence-corrected chi connectivity index (χ2v) is 8.45. The number of aryl methyl sites for hydroxylation is 1. The Morgan fingerprint density at radius 2 is 1.78 bits per heavy atom. The number of benzene rings is 2. The standard InChI is InChI=1S/C24H24ClF3N3O/c1-2-16-6-8-17(9-7-16)31-21-15-19(25)18(24(26,27)28)14-20(21)29-22(31)10-11-23(32)30-12-4-3-5-13-30/h6-9,14-15H,1-5,10-13H2. The number of imidazole rings is 1. The van der Waals surface area contributed by atoms with Crippen molar-refractivity contribution in [1.29, 1.82) is 0 Å². The van der Waals surface area contributed by atoms with E-state index in [1.54, 1.807) is 4.57 Å². The number of hydrogen-bond acceptors (Lipinski definition) is 2. The average molecular weight is 463 g/mol. The van der Waals surface area contributed by atoms with Crippen LogP contribution >= 0.6 is 11.6 Å². The number of alkyl halides is 3. The number of fused-ring (bicyclic) bond motifs is 1. The van der Waals surface area contributed by atoms with Gasteiger partial charge in [-0.1, -0.05) is 23.7 Å². The maximum atomic E-state index is 13.4. The lowest BCUT2D eigenvalue weighted by Gasteiger charge is -2.26. The summed E-state index contributed by atoms with van der Waals surface area (Å²) in [4.78, 5) is 19.0. The van der Waals surface area contributed by atoms with E-state index < -0.39 is 11.7 Å². The van der Waals surface area contributed by atoms with Gasteiger partial charge < -0.3 is 4.90 Å². The first kappa shape index (κ1) is 22.6. The summed E-state index contributed by atoms with van der Waals surface area (Å²) in [5.41, 5.74) is 1.55. The third-order valence-electron chi connectivity index (χ3n) is 5.87. The minimum atomic E-state index is -4.57. The zero-order chi connectivity index (χ0) is 22.9. The zero-order valence-electron chi connectivity index (χ0n) is 17.6. The predicted octanol–water partition coefficient (Wildman–Crippen LogP) is 6.02. The number of hydrogen-bond donors (Lipinski definition) is 0. The molecule has 8 heteroatoms. The Labute approximate surface area is 190 Å². The molecule has 0 bridgehead atoms. The van der Waals surface area contributed by atoms with Crippen molar-refractivity contribution in [3.63, 3.8) is 0 Å². The minimum absolute atomic E-state index is 0.0460. The number of likely N-dealkylation sites (tertiary alicyclic amines) is 1. The number of carbonyl (C=O) groups is 1. The van der Waals surface area contributed by atoms with E-state index >= 15 is 0 Å². The number of halogens is 4. The van der Waals surface area contributed by atoms with Crippen molar-refractivity contribution in [3.05, 3.63) is 65.3 Å². The van der Waals surface area contributed by atoms with Gasteiger partial charge in [-0.05, 0) is 62.4 Å². The van der Waals surface area contributed by atoms with Gasteiger partial charge in [0.25, 0.3) is 0 Å². The average Bonchev–Trinajstić information content (AvgIpc) is 3.14. The Kier molecular flexibility index (Phi) is 6.47.